The molecule has 4 aliphatic carbocycles. The fourth-order valence-electron chi connectivity index (χ4n) is 5.40. The number of hydrogen-bond acceptors (Lipinski definition) is 4. The van der Waals surface area contributed by atoms with Crippen LogP contribution in [0.25, 0.3) is 0 Å². The molecule has 25 heavy (non-hydrogen) atoms. The number of ether oxygens (including phenoxy) is 1. The molecule has 7 heteroatoms. The van der Waals surface area contributed by atoms with Crippen LogP contribution in [0, 0.1) is 17.8 Å². The zero-order chi connectivity index (χ0) is 17.7. The van der Waals surface area contributed by atoms with Gasteiger partial charge in [0, 0.05) is 5.69 Å². The van der Waals surface area contributed by atoms with Crippen LogP contribution in [0.3, 0.4) is 0 Å². The Balaban J connectivity index is 1.49. The second kappa shape index (κ2) is 5.90. The van der Waals surface area contributed by atoms with Crippen LogP contribution in [0.2, 0.25) is 0 Å². The van der Waals surface area contributed by atoms with Crippen molar-refractivity contribution in [2.45, 2.75) is 43.3 Å². The first-order valence-electron chi connectivity index (χ1n) is 8.89. The number of hydrogen-bond donors (Lipinski definition) is 2. The average molecular weight is 364 g/mol. The fourth-order valence-corrected chi connectivity index (χ4v) is 7.43. The van der Waals surface area contributed by atoms with E-state index in [1.807, 2.05) is 0 Å². The Morgan fingerprint density at radius 2 is 1.60 bits per heavy atom. The first-order chi connectivity index (χ1) is 11.9. The lowest BCUT2D eigenvalue weighted by Gasteiger charge is -2.55. The van der Waals surface area contributed by atoms with E-state index in [0.717, 1.165) is 19.3 Å². The number of primary amides is 1. The summed E-state index contributed by atoms with van der Waals surface area (Å²) in [4.78, 5) is 10.7. The molecule has 5 rings (SSSR count). The summed E-state index contributed by atoms with van der Waals surface area (Å²) in [6.07, 6.45) is 6.03. The van der Waals surface area contributed by atoms with Gasteiger partial charge in [-0.3, -0.25) is 9.52 Å². The highest BCUT2D eigenvalue weighted by molar-refractivity contribution is 7.94. The molecule has 4 bridgehead atoms. The highest BCUT2D eigenvalue weighted by atomic mass is 32.2. The third-order valence-corrected chi connectivity index (χ3v) is 8.18. The van der Waals surface area contributed by atoms with Crippen LogP contribution >= 0.6 is 0 Å². The van der Waals surface area contributed by atoms with Crippen LogP contribution in [-0.2, 0) is 14.8 Å². The van der Waals surface area contributed by atoms with Crippen LogP contribution in [0.1, 0.15) is 38.5 Å². The summed E-state index contributed by atoms with van der Waals surface area (Å²) in [6, 6.07) is 6.60. The second-order valence-corrected chi connectivity index (χ2v) is 10.1. The van der Waals surface area contributed by atoms with Gasteiger partial charge in [-0.2, -0.15) is 0 Å². The molecule has 1 aromatic rings. The molecule has 4 aliphatic rings. The lowest BCUT2D eigenvalue weighted by atomic mass is 9.56. The largest absolute Gasteiger partial charge is 0.484 e. The van der Waals surface area contributed by atoms with E-state index in [2.05, 4.69) is 4.72 Å². The molecule has 0 saturated heterocycles. The van der Waals surface area contributed by atoms with E-state index < -0.39 is 20.7 Å². The third-order valence-electron chi connectivity index (χ3n) is 6.04. The molecule has 1 amide bonds. The second-order valence-electron chi connectivity index (χ2n) is 7.99. The summed E-state index contributed by atoms with van der Waals surface area (Å²) in [5.41, 5.74) is 5.57. The number of amides is 1. The van der Waals surface area contributed by atoms with Gasteiger partial charge < -0.3 is 10.5 Å². The number of nitrogens with two attached hydrogens (primary N) is 1. The standard InChI is InChI=1S/C18H24N2O4S/c19-17(21)11-24-16-3-1-15(2-4-16)20-25(22,23)18-8-12-5-13(9-18)7-14(6-12)10-18/h1-4,12-14,20H,5-11H2,(H2,19,21). The summed E-state index contributed by atoms with van der Waals surface area (Å²) in [7, 11) is -3.44. The number of carbonyl (C=O) groups is 1. The van der Waals surface area contributed by atoms with E-state index in [0.29, 0.717) is 29.2 Å². The van der Waals surface area contributed by atoms with Crippen molar-refractivity contribution in [3.8, 4) is 5.75 Å². The Morgan fingerprint density at radius 1 is 1.08 bits per heavy atom. The maximum absolute atomic E-state index is 13.1. The van der Waals surface area contributed by atoms with Gasteiger partial charge in [0.1, 0.15) is 5.75 Å². The third kappa shape index (κ3) is 3.10. The maximum Gasteiger partial charge on any atom is 0.255 e. The molecule has 3 N–H and O–H groups in total. The van der Waals surface area contributed by atoms with Crippen molar-refractivity contribution in [3.63, 3.8) is 0 Å². The number of sulfonamides is 1. The van der Waals surface area contributed by atoms with Crippen LogP contribution in [0.4, 0.5) is 5.69 Å². The summed E-state index contributed by atoms with van der Waals surface area (Å²) in [5.74, 6) is 1.66. The molecule has 6 nitrogen and oxygen atoms in total. The van der Waals surface area contributed by atoms with Gasteiger partial charge in [0.2, 0.25) is 10.0 Å². The van der Waals surface area contributed by atoms with E-state index in [-0.39, 0.29) is 6.61 Å². The first kappa shape index (κ1) is 16.7. The predicted octanol–water partition coefficient (Wildman–Crippen LogP) is 2.26. The number of nitrogens with one attached hydrogen (secondary N) is 1. The molecular formula is C18H24N2O4S. The van der Waals surface area contributed by atoms with Gasteiger partial charge in [0.25, 0.3) is 5.91 Å². The van der Waals surface area contributed by atoms with Gasteiger partial charge in [-0.05, 0) is 80.5 Å². The Morgan fingerprint density at radius 3 is 2.08 bits per heavy atom. The summed E-state index contributed by atoms with van der Waals surface area (Å²) in [5, 5.41) is 0. The molecule has 0 aromatic heterocycles. The Kier molecular flexibility index (Phi) is 3.94. The monoisotopic (exact) mass is 364 g/mol. The van der Waals surface area contributed by atoms with Gasteiger partial charge in [0.15, 0.2) is 6.61 Å². The van der Waals surface area contributed by atoms with E-state index in [4.69, 9.17) is 10.5 Å². The highest BCUT2D eigenvalue weighted by Gasteiger charge is 2.57. The zero-order valence-electron chi connectivity index (χ0n) is 14.1. The summed E-state index contributed by atoms with van der Waals surface area (Å²) < 4.78 is 33.7. The van der Waals surface area contributed by atoms with Crippen molar-refractivity contribution in [2.75, 3.05) is 11.3 Å². The Bertz CT molecular complexity index is 737. The first-order valence-corrected chi connectivity index (χ1v) is 10.4. The van der Waals surface area contributed by atoms with E-state index in [9.17, 15) is 13.2 Å². The van der Waals surface area contributed by atoms with Crippen molar-refractivity contribution in [2.24, 2.45) is 23.5 Å². The van der Waals surface area contributed by atoms with Gasteiger partial charge >= 0.3 is 0 Å². The van der Waals surface area contributed by atoms with Gasteiger partial charge in [-0.15, -0.1) is 0 Å². The average Bonchev–Trinajstić information content (AvgIpc) is 2.52. The summed E-state index contributed by atoms with van der Waals surface area (Å²) >= 11 is 0. The van der Waals surface area contributed by atoms with E-state index in [1.54, 1.807) is 24.3 Å². The van der Waals surface area contributed by atoms with Crippen molar-refractivity contribution >= 4 is 21.6 Å². The Hall–Kier alpha value is -1.76. The minimum absolute atomic E-state index is 0.196. The van der Waals surface area contributed by atoms with Gasteiger partial charge in [0.05, 0.1) is 4.75 Å². The van der Waals surface area contributed by atoms with Crippen LogP contribution < -0.4 is 15.2 Å². The highest BCUT2D eigenvalue weighted by Crippen LogP contribution is 2.58. The van der Waals surface area contributed by atoms with Gasteiger partial charge in [-0.1, -0.05) is 0 Å². The number of carbonyl (C=O) groups excluding carboxylic acids is 1. The topological polar surface area (TPSA) is 98.5 Å². The molecular weight excluding hydrogens is 340 g/mol. The Labute approximate surface area is 148 Å². The number of rotatable bonds is 6. The predicted molar refractivity (Wildman–Crippen MR) is 94.6 cm³/mol. The van der Waals surface area contributed by atoms with Crippen molar-refractivity contribution in [3.05, 3.63) is 24.3 Å². The van der Waals surface area contributed by atoms with Crippen LogP contribution in [-0.4, -0.2) is 25.7 Å². The minimum Gasteiger partial charge on any atom is -0.484 e. The molecule has 0 heterocycles. The van der Waals surface area contributed by atoms with Crippen molar-refractivity contribution in [1.82, 2.24) is 0 Å². The molecule has 4 fully saturated rings. The van der Waals surface area contributed by atoms with Crippen molar-refractivity contribution < 1.29 is 17.9 Å². The molecule has 0 aliphatic heterocycles. The van der Waals surface area contributed by atoms with E-state index in [1.165, 1.54) is 19.3 Å². The molecule has 0 unspecified atom stereocenters. The molecule has 0 radical (unpaired) electrons. The van der Waals surface area contributed by atoms with Crippen molar-refractivity contribution in [1.29, 1.82) is 0 Å². The van der Waals surface area contributed by atoms with Gasteiger partial charge in [-0.25, -0.2) is 8.42 Å². The van der Waals surface area contributed by atoms with Crippen LogP contribution in [0.5, 0.6) is 5.75 Å². The maximum atomic E-state index is 13.1. The van der Waals surface area contributed by atoms with Crippen LogP contribution in [0.15, 0.2) is 24.3 Å². The van der Waals surface area contributed by atoms with E-state index >= 15 is 0 Å². The normalized spacial score (nSPS) is 33.2. The minimum atomic E-state index is -3.44. The SMILES string of the molecule is NC(=O)COc1ccc(NS(=O)(=O)C23CC4CC(CC(C4)C2)C3)cc1. The summed E-state index contributed by atoms with van der Waals surface area (Å²) in [6.45, 7) is -0.196. The number of benzene rings is 1. The molecule has 0 atom stereocenters. The lowest BCUT2D eigenvalue weighted by Crippen LogP contribution is -2.56. The number of anilines is 1. The quantitative estimate of drug-likeness (QED) is 0.809. The molecule has 4 saturated carbocycles. The molecule has 0 spiro atoms. The molecule has 136 valence electrons. The smallest absolute Gasteiger partial charge is 0.255 e. The lowest BCUT2D eigenvalue weighted by molar-refractivity contribution is -0.119. The zero-order valence-corrected chi connectivity index (χ0v) is 14.9. The molecule has 1 aromatic carbocycles. The fraction of sp³-hybridized carbons (Fsp3) is 0.611.